The highest BCUT2D eigenvalue weighted by molar-refractivity contribution is 5.81. The van der Waals surface area contributed by atoms with Gasteiger partial charge in [0, 0.05) is 12.2 Å². The molecular weight excluding hydrogens is 260 g/mol. The number of nitrogens with one attached hydrogen (secondary N) is 2. The molecule has 0 aromatic heterocycles. The third-order valence-electron chi connectivity index (χ3n) is 3.51. The summed E-state index contributed by atoms with van der Waals surface area (Å²) in [6, 6.07) is 6.39. The maximum absolute atomic E-state index is 11.9. The summed E-state index contributed by atoms with van der Waals surface area (Å²) in [5.74, 6) is 1.40. The van der Waals surface area contributed by atoms with Gasteiger partial charge in [0.2, 0.25) is 5.91 Å². The second-order valence-corrected chi connectivity index (χ2v) is 6.67. The van der Waals surface area contributed by atoms with Gasteiger partial charge in [0.05, 0.1) is 6.54 Å². The number of amides is 1. The van der Waals surface area contributed by atoms with E-state index in [1.165, 1.54) is 11.1 Å². The lowest BCUT2D eigenvalue weighted by Crippen LogP contribution is -2.32. The monoisotopic (exact) mass is 290 g/mol. The zero-order valence-corrected chi connectivity index (χ0v) is 14.3. The lowest BCUT2D eigenvalue weighted by Gasteiger charge is -2.20. The maximum atomic E-state index is 11.9. The number of carbonyl (C=O) groups is 1. The van der Waals surface area contributed by atoms with E-state index in [4.69, 9.17) is 0 Å². The molecule has 0 heterocycles. The summed E-state index contributed by atoms with van der Waals surface area (Å²) in [6.45, 7) is 14.0. The second-order valence-electron chi connectivity index (χ2n) is 6.67. The first-order valence-corrected chi connectivity index (χ1v) is 7.96. The van der Waals surface area contributed by atoms with Crippen molar-refractivity contribution < 1.29 is 4.79 Å². The lowest BCUT2D eigenvalue weighted by molar-refractivity contribution is -0.119. The largest absolute Gasteiger partial charge is 0.376 e. The van der Waals surface area contributed by atoms with Gasteiger partial charge in [-0.15, -0.1) is 0 Å². The van der Waals surface area contributed by atoms with Crippen LogP contribution in [0.1, 0.15) is 64.5 Å². The molecular formula is C18H30N2O. The second kappa shape index (κ2) is 8.06. The van der Waals surface area contributed by atoms with Crippen molar-refractivity contribution in [2.75, 3.05) is 18.4 Å². The Labute approximate surface area is 129 Å². The van der Waals surface area contributed by atoms with Gasteiger partial charge in [0.25, 0.3) is 0 Å². The number of hydrogen-bond acceptors (Lipinski definition) is 2. The first-order valence-electron chi connectivity index (χ1n) is 7.96. The Morgan fingerprint density at radius 3 is 1.95 bits per heavy atom. The smallest absolute Gasteiger partial charge is 0.239 e. The van der Waals surface area contributed by atoms with E-state index in [0.717, 1.165) is 12.2 Å². The van der Waals surface area contributed by atoms with E-state index in [9.17, 15) is 4.79 Å². The van der Waals surface area contributed by atoms with Crippen LogP contribution in [0.3, 0.4) is 0 Å². The highest BCUT2D eigenvalue weighted by Gasteiger charge is 2.14. The lowest BCUT2D eigenvalue weighted by atomic mass is 9.92. The van der Waals surface area contributed by atoms with Gasteiger partial charge in [-0.25, -0.2) is 0 Å². The molecule has 0 saturated heterocycles. The molecule has 0 saturated carbocycles. The number of hydrogen-bond donors (Lipinski definition) is 2. The van der Waals surface area contributed by atoms with Gasteiger partial charge in [-0.1, -0.05) is 59.7 Å². The maximum Gasteiger partial charge on any atom is 0.239 e. The fraction of sp³-hybridized carbons (Fsp3) is 0.611. The molecule has 0 atom stereocenters. The molecule has 1 aromatic rings. The van der Waals surface area contributed by atoms with Gasteiger partial charge in [-0.3, -0.25) is 4.79 Å². The molecule has 0 aliphatic carbocycles. The molecule has 2 N–H and O–H groups in total. The normalized spacial score (nSPS) is 11.3. The van der Waals surface area contributed by atoms with Crippen molar-refractivity contribution >= 4 is 11.6 Å². The zero-order valence-electron chi connectivity index (χ0n) is 14.3. The van der Waals surface area contributed by atoms with Gasteiger partial charge >= 0.3 is 0 Å². The summed E-state index contributed by atoms with van der Waals surface area (Å²) in [5.41, 5.74) is 3.68. The van der Waals surface area contributed by atoms with Crippen molar-refractivity contribution in [1.29, 1.82) is 0 Å². The van der Waals surface area contributed by atoms with Crippen LogP contribution >= 0.6 is 0 Å². The summed E-state index contributed by atoms with van der Waals surface area (Å²) in [7, 11) is 0. The van der Waals surface area contributed by atoms with E-state index in [1.54, 1.807) is 0 Å². The molecule has 1 aromatic carbocycles. The minimum Gasteiger partial charge on any atom is -0.376 e. The SMILES string of the molecule is CC(C)CNC(=O)CNc1c(C(C)C)cccc1C(C)C. The van der Waals surface area contributed by atoms with Crippen LogP contribution in [0.5, 0.6) is 0 Å². The van der Waals surface area contributed by atoms with E-state index >= 15 is 0 Å². The summed E-state index contributed by atoms with van der Waals surface area (Å²) in [5, 5.41) is 6.30. The van der Waals surface area contributed by atoms with Crippen LogP contribution in [-0.2, 0) is 4.79 Å². The molecule has 118 valence electrons. The summed E-state index contributed by atoms with van der Waals surface area (Å²) in [6.07, 6.45) is 0. The average Bonchev–Trinajstić information content (AvgIpc) is 2.42. The Balaban J connectivity index is 2.83. The van der Waals surface area contributed by atoms with Gasteiger partial charge in [0.1, 0.15) is 0 Å². The minimum atomic E-state index is 0.0527. The van der Waals surface area contributed by atoms with Crippen LogP contribution in [-0.4, -0.2) is 19.0 Å². The van der Waals surface area contributed by atoms with Crippen LogP contribution in [0.25, 0.3) is 0 Å². The van der Waals surface area contributed by atoms with Crippen LogP contribution in [0.4, 0.5) is 5.69 Å². The Morgan fingerprint density at radius 1 is 1.00 bits per heavy atom. The number of para-hydroxylation sites is 1. The third-order valence-corrected chi connectivity index (χ3v) is 3.51. The van der Waals surface area contributed by atoms with Crippen molar-refractivity contribution in [3.05, 3.63) is 29.3 Å². The molecule has 0 bridgehead atoms. The minimum absolute atomic E-state index is 0.0527. The van der Waals surface area contributed by atoms with Gasteiger partial charge in [-0.05, 0) is 28.9 Å². The predicted octanol–water partition coefficient (Wildman–Crippen LogP) is 4.12. The highest BCUT2D eigenvalue weighted by Crippen LogP contribution is 2.32. The first-order chi connectivity index (χ1) is 9.82. The number of anilines is 1. The van der Waals surface area contributed by atoms with Gasteiger partial charge in [0.15, 0.2) is 0 Å². The molecule has 0 fully saturated rings. The molecule has 1 amide bonds. The Kier molecular flexibility index (Phi) is 6.73. The molecule has 0 spiro atoms. The first kappa shape index (κ1) is 17.5. The van der Waals surface area contributed by atoms with Crippen molar-refractivity contribution in [1.82, 2.24) is 5.32 Å². The fourth-order valence-electron chi connectivity index (χ4n) is 2.30. The van der Waals surface area contributed by atoms with Crippen LogP contribution < -0.4 is 10.6 Å². The van der Waals surface area contributed by atoms with E-state index in [-0.39, 0.29) is 5.91 Å². The van der Waals surface area contributed by atoms with Gasteiger partial charge < -0.3 is 10.6 Å². The third kappa shape index (κ3) is 5.41. The topological polar surface area (TPSA) is 41.1 Å². The fourth-order valence-corrected chi connectivity index (χ4v) is 2.30. The standard InChI is InChI=1S/C18H30N2O/c1-12(2)10-19-17(21)11-20-18-15(13(3)4)8-7-9-16(18)14(5)6/h7-9,12-14,20H,10-11H2,1-6H3,(H,19,21). The Bertz CT molecular complexity index is 438. The van der Waals surface area contributed by atoms with E-state index in [1.807, 2.05) is 0 Å². The van der Waals surface area contributed by atoms with Crippen molar-refractivity contribution in [2.45, 2.75) is 53.4 Å². The quantitative estimate of drug-likeness (QED) is 0.793. The molecule has 0 aliphatic rings. The summed E-state index contributed by atoms with van der Waals surface area (Å²) in [4.78, 5) is 11.9. The number of rotatable bonds is 7. The van der Waals surface area contributed by atoms with Gasteiger partial charge in [-0.2, -0.15) is 0 Å². The van der Waals surface area contributed by atoms with Crippen LogP contribution in [0, 0.1) is 5.92 Å². The molecule has 0 aliphatic heterocycles. The molecule has 21 heavy (non-hydrogen) atoms. The molecule has 0 unspecified atom stereocenters. The molecule has 3 heteroatoms. The van der Waals surface area contributed by atoms with Crippen molar-refractivity contribution in [2.24, 2.45) is 5.92 Å². The number of benzene rings is 1. The highest BCUT2D eigenvalue weighted by atomic mass is 16.1. The predicted molar refractivity (Wildman–Crippen MR) is 91.0 cm³/mol. The van der Waals surface area contributed by atoms with Crippen molar-refractivity contribution in [3.63, 3.8) is 0 Å². The molecule has 1 rings (SSSR count). The summed E-state index contributed by atoms with van der Waals surface area (Å²) < 4.78 is 0. The zero-order chi connectivity index (χ0) is 16.0. The van der Waals surface area contributed by atoms with Crippen LogP contribution in [0.15, 0.2) is 18.2 Å². The molecule has 0 radical (unpaired) electrons. The summed E-state index contributed by atoms with van der Waals surface area (Å²) >= 11 is 0. The Hall–Kier alpha value is -1.51. The van der Waals surface area contributed by atoms with E-state index < -0.39 is 0 Å². The van der Waals surface area contributed by atoms with E-state index in [2.05, 4.69) is 70.4 Å². The Morgan fingerprint density at radius 2 is 1.52 bits per heavy atom. The molecule has 3 nitrogen and oxygen atoms in total. The van der Waals surface area contributed by atoms with Crippen molar-refractivity contribution in [3.8, 4) is 0 Å². The number of carbonyl (C=O) groups excluding carboxylic acids is 1. The van der Waals surface area contributed by atoms with Crippen LogP contribution in [0.2, 0.25) is 0 Å². The van der Waals surface area contributed by atoms with E-state index in [0.29, 0.717) is 24.3 Å². The average molecular weight is 290 g/mol.